The summed E-state index contributed by atoms with van der Waals surface area (Å²) < 4.78 is 58.3. The highest BCUT2D eigenvalue weighted by atomic mass is 31.3. The predicted molar refractivity (Wildman–Crippen MR) is 192 cm³/mol. The van der Waals surface area contributed by atoms with Gasteiger partial charge in [0.25, 0.3) is 0 Å². The van der Waals surface area contributed by atoms with Crippen LogP contribution in [-0.2, 0) is 46.2 Å². The largest absolute Gasteiger partial charge is 0.481 e. The van der Waals surface area contributed by atoms with E-state index in [0.29, 0.717) is 23.3 Å². The molecule has 312 valence electrons. The number of phosphoric ester groups is 2. The van der Waals surface area contributed by atoms with E-state index in [4.69, 9.17) is 18.6 Å². The summed E-state index contributed by atoms with van der Waals surface area (Å²) >= 11 is 0. The number of fused-ring (bicyclic) bond motifs is 1. The lowest BCUT2D eigenvalue weighted by Gasteiger charge is -2.30. The molecule has 0 aromatic carbocycles. The minimum absolute atomic E-state index is 0.129. The molecule has 3 heterocycles. The van der Waals surface area contributed by atoms with Crippen LogP contribution in [0, 0.1) is 18.3 Å². The highest BCUT2D eigenvalue weighted by Crippen LogP contribution is 2.61. The van der Waals surface area contributed by atoms with Gasteiger partial charge >= 0.3 is 23.2 Å². The molecule has 0 radical (unpaired) electrons. The van der Waals surface area contributed by atoms with E-state index in [2.05, 4.69) is 35.1 Å². The molecule has 1 aliphatic rings. The van der Waals surface area contributed by atoms with Crippen LogP contribution >= 0.6 is 23.2 Å². The Balaban J connectivity index is 1.51. The smallest absolute Gasteiger partial charge is 0.390 e. The molecule has 3 rings (SSSR count). The monoisotopic (exact) mass is 845 g/mol. The van der Waals surface area contributed by atoms with E-state index >= 15 is 0 Å². The van der Waals surface area contributed by atoms with Crippen molar-refractivity contribution in [2.24, 2.45) is 16.5 Å². The average molecular weight is 846 g/mol. The van der Waals surface area contributed by atoms with Crippen LogP contribution in [0.1, 0.15) is 66.3 Å². The molecule has 6 unspecified atom stereocenters. The van der Waals surface area contributed by atoms with Crippen molar-refractivity contribution >= 4 is 51.9 Å². The maximum absolute atomic E-state index is 12.7. The molecule has 23 nitrogen and oxygen atoms in total. The number of hydrogen-bond acceptors (Lipinski definition) is 16. The highest BCUT2D eigenvalue weighted by Gasteiger charge is 2.49. The number of phosphoric acid groups is 2. The van der Waals surface area contributed by atoms with Gasteiger partial charge in [0.15, 0.2) is 11.9 Å². The number of oxime groups is 1. The van der Waals surface area contributed by atoms with Crippen LogP contribution in [0.4, 0.5) is 0 Å². The fourth-order valence-corrected chi connectivity index (χ4v) is 8.25. The fraction of sp³-hybridized carbons (Fsp3) is 0.724. The number of nitrogens with one attached hydrogen (secondary N) is 2. The molecule has 2 aromatic rings. The summed E-state index contributed by atoms with van der Waals surface area (Å²) in [6.45, 7) is 9.78. The normalized spacial score (nSPS) is 22.5. The van der Waals surface area contributed by atoms with Gasteiger partial charge in [-0.1, -0.05) is 19.0 Å². The van der Waals surface area contributed by atoms with Gasteiger partial charge in [-0.05, 0) is 34.6 Å². The third-order valence-corrected chi connectivity index (χ3v) is 11.4. The second kappa shape index (κ2) is 18.7. The van der Waals surface area contributed by atoms with Crippen LogP contribution < -0.4 is 10.6 Å². The molecule has 2 amide bonds. The zero-order valence-electron chi connectivity index (χ0n) is 31.3. The molecule has 0 saturated carbocycles. The molecule has 0 aliphatic carbocycles. The van der Waals surface area contributed by atoms with Crippen molar-refractivity contribution in [3.05, 3.63) is 18.3 Å². The van der Waals surface area contributed by atoms with Crippen molar-refractivity contribution in [3.63, 3.8) is 0 Å². The Morgan fingerprint density at radius 1 is 1.00 bits per heavy atom. The summed E-state index contributed by atoms with van der Waals surface area (Å²) in [6, 6.07) is 0. The minimum atomic E-state index is -5.49. The molecule has 8 N–H and O–H groups in total. The summed E-state index contributed by atoms with van der Waals surface area (Å²) in [5.74, 6) is -2.71. The topological polar surface area (TPSA) is 333 Å². The quantitative estimate of drug-likeness (QED) is 0.0524. The van der Waals surface area contributed by atoms with Crippen LogP contribution in [0.3, 0.4) is 0 Å². The number of aliphatic hydroxyl groups is 2. The molecule has 0 spiro atoms. The molecule has 7 atom stereocenters. The van der Waals surface area contributed by atoms with Crippen molar-refractivity contribution in [1.29, 1.82) is 0 Å². The number of nitrogens with zero attached hydrogens (tertiary/aromatic N) is 5. The summed E-state index contributed by atoms with van der Waals surface area (Å²) in [6.07, 6.45) is -4.41. The molecule has 2 aromatic heterocycles. The summed E-state index contributed by atoms with van der Waals surface area (Å²) in [7, 11) is -15.7. The Kier molecular flexibility index (Phi) is 15.8. The van der Waals surface area contributed by atoms with E-state index in [1.54, 1.807) is 13.8 Å². The Morgan fingerprint density at radius 3 is 2.27 bits per heavy atom. The summed E-state index contributed by atoms with van der Waals surface area (Å²) in [4.78, 5) is 82.1. The maximum Gasteiger partial charge on any atom is 0.481 e. The second-order valence-corrected chi connectivity index (χ2v) is 19.2. The van der Waals surface area contributed by atoms with Crippen molar-refractivity contribution < 1.29 is 76.0 Å². The van der Waals surface area contributed by atoms with E-state index in [9.17, 15) is 53.1 Å². The molecular weight excluding hydrogens is 795 g/mol. The van der Waals surface area contributed by atoms with Crippen LogP contribution in [0.25, 0.3) is 11.2 Å². The number of carbonyl (C=O) groups is 2. The van der Waals surface area contributed by atoms with Crippen molar-refractivity contribution in [2.45, 2.75) is 91.4 Å². The van der Waals surface area contributed by atoms with Gasteiger partial charge in [0.05, 0.1) is 43.2 Å². The number of imidazole rings is 1. The van der Waals surface area contributed by atoms with Crippen molar-refractivity contribution in [2.75, 3.05) is 32.5 Å². The van der Waals surface area contributed by atoms with Crippen molar-refractivity contribution in [3.8, 4) is 0 Å². The Labute approximate surface area is 316 Å². The number of rotatable bonds is 20. The number of aliphatic hydroxyl groups excluding tert-OH is 2. The minimum Gasteiger partial charge on any atom is -0.390 e. The standard InChI is InChI=1S/C29H50N7O16P3/c1-17(35-51-28(3,4)5)8-10-30-21(37)9-11-31-26(40)24(39)29(6,7)14-49-55(46,47)52-54(44,45)48-12-20-19(13-53(41,42)43)23(38)27(50-20)36-16-34-22-18(2)32-15-33-25(22)36/h15-16,19-20,23-24,27,38-39H,8-14H2,1-7H3,(H,30,37)(H,31,40)(H,44,45)(H,46,47)(H2,41,42,43)/b35-17+/t19?,20?,23?,24-,27?/m1/s1. The van der Waals surface area contributed by atoms with Crippen molar-refractivity contribution in [1.82, 2.24) is 30.2 Å². The third-order valence-electron chi connectivity index (χ3n) is 7.92. The molecule has 55 heavy (non-hydrogen) atoms. The van der Waals surface area contributed by atoms with E-state index in [1.165, 1.54) is 31.1 Å². The maximum atomic E-state index is 12.7. The van der Waals surface area contributed by atoms with Gasteiger partial charge in [-0.15, -0.1) is 0 Å². The Bertz CT molecular complexity index is 1830. The van der Waals surface area contributed by atoms with Gasteiger partial charge in [-0.25, -0.2) is 24.1 Å². The van der Waals surface area contributed by atoms with Crippen LogP contribution in [0.2, 0.25) is 0 Å². The first kappa shape index (κ1) is 46.6. The molecule has 0 bridgehead atoms. The Hall–Kier alpha value is -2.75. The number of amides is 2. The fourth-order valence-electron chi connectivity index (χ4n) is 4.99. The predicted octanol–water partition coefficient (Wildman–Crippen LogP) is 1.03. The number of carbonyl (C=O) groups excluding carboxylic acids is 2. The Morgan fingerprint density at radius 2 is 1.64 bits per heavy atom. The average Bonchev–Trinajstić information content (AvgIpc) is 3.61. The SMILES string of the molecule is C/C(CCNC(=O)CCNC(=O)[C@@H](O)C(C)(C)COP(=O)(O)OP(=O)(O)OCC1OC(n2cnc3c(C)ncnc32)C(O)C1CP(=O)(O)O)=N\OC(C)(C)C. The van der Waals surface area contributed by atoms with Gasteiger partial charge in [0.2, 0.25) is 11.8 Å². The van der Waals surface area contributed by atoms with E-state index in [-0.39, 0.29) is 31.1 Å². The lowest BCUT2D eigenvalue weighted by molar-refractivity contribution is -0.137. The van der Waals surface area contributed by atoms with Gasteiger partial charge in [-0.2, -0.15) is 4.31 Å². The van der Waals surface area contributed by atoms with Crippen LogP contribution in [0.5, 0.6) is 0 Å². The molecule has 1 saturated heterocycles. The highest BCUT2D eigenvalue weighted by molar-refractivity contribution is 7.61. The third kappa shape index (κ3) is 14.6. The van der Waals surface area contributed by atoms with E-state index < -0.39 is 90.0 Å². The molecule has 1 fully saturated rings. The van der Waals surface area contributed by atoms with Gasteiger partial charge in [-0.3, -0.25) is 27.8 Å². The number of aryl methyl sites for hydroxylation is 1. The zero-order chi connectivity index (χ0) is 41.6. The second-order valence-electron chi connectivity index (χ2n) is 14.5. The van der Waals surface area contributed by atoms with Crippen LogP contribution in [-0.4, -0.2) is 123 Å². The van der Waals surface area contributed by atoms with E-state index in [1.807, 2.05) is 20.8 Å². The molecule has 26 heteroatoms. The van der Waals surface area contributed by atoms with Crippen LogP contribution in [0.15, 0.2) is 17.8 Å². The lowest BCUT2D eigenvalue weighted by Crippen LogP contribution is -2.46. The van der Waals surface area contributed by atoms with Gasteiger partial charge < -0.3 is 50.0 Å². The first-order valence-electron chi connectivity index (χ1n) is 16.8. The number of aromatic nitrogens is 4. The number of ether oxygens (including phenoxy) is 1. The van der Waals surface area contributed by atoms with Gasteiger partial charge in [0, 0.05) is 37.3 Å². The zero-order valence-corrected chi connectivity index (χ0v) is 34.0. The first-order chi connectivity index (χ1) is 25.2. The first-order valence-corrected chi connectivity index (χ1v) is 21.6. The lowest BCUT2D eigenvalue weighted by atomic mass is 9.87. The summed E-state index contributed by atoms with van der Waals surface area (Å²) in [5, 5.41) is 30.6. The summed E-state index contributed by atoms with van der Waals surface area (Å²) in [5.41, 5.74) is -0.318. The van der Waals surface area contributed by atoms with Gasteiger partial charge in [0.1, 0.15) is 29.7 Å². The van der Waals surface area contributed by atoms with E-state index in [0.717, 1.165) is 0 Å². The molecule has 1 aliphatic heterocycles. The number of hydrogen-bond donors (Lipinski definition) is 8. The molecular formula is C29H50N7O16P3.